The van der Waals surface area contributed by atoms with Crippen LogP contribution in [0.5, 0.6) is 0 Å². The van der Waals surface area contributed by atoms with Crippen LogP contribution in [0.3, 0.4) is 0 Å². The van der Waals surface area contributed by atoms with Gasteiger partial charge in [0.15, 0.2) is 0 Å². The quantitative estimate of drug-likeness (QED) is 0.0941. The summed E-state index contributed by atoms with van der Waals surface area (Å²) in [5.74, 6) is 0. The summed E-state index contributed by atoms with van der Waals surface area (Å²) in [4.78, 5) is 4.52. The molecule has 0 radical (unpaired) electrons. The zero-order valence-corrected chi connectivity index (χ0v) is 54.7. The highest BCUT2D eigenvalue weighted by Gasteiger charge is 2.14. The van der Waals surface area contributed by atoms with Crippen molar-refractivity contribution in [3.8, 4) is 0 Å². The van der Waals surface area contributed by atoms with Crippen molar-refractivity contribution >= 4 is 180 Å². The third kappa shape index (κ3) is 16.3. The Morgan fingerprint density at radius 3 is 1.07 bits per heavy atom. The summed E-state index contributed by atoms with van der Waals surface area (Å²) in [6, 6.07) is 117. The number of rotatable bonds is 10. The van der Waals surface area contributed by atoms with E-state index in [0.29, 0.717) is 0 Å². The van der Waals surface area contributed by atoms with E-state index in [2.05, 4.69) is 311 Å². The minimum atomic E-state index is 0.834. The predicted molar refractivity (Wildman–Crippen MR) is 399 cm³/mol. The van der Waals surface area contributed by atoms with Crippen molar-refractivity contribution in [2.45, 2.75) is 0 Å². The van der Waals surface area contributed by atoms with Gasteiger partial charge in [-0.3, -0.25) is 0 Å². The molecule has 0 bridgehead atoms. The number of nitrogens with two attached hydrogens (primary N) is 1. The number of fused-ring (bicyclic) bond motifs is 6. The van der Waals surface area contributed by atoms with E-state index < -0.39 is 0 Å². The monoisotopic (exact) mass is 1420 g/mol. The number of halogens is 3. The molecule has 2 aromatic heterocycles. The molecule has 0 unspecified atom stereocenters. The molecule has 0 amide bonds. The molecular formula is C78H60Br2IN5S2. The number of thiophene rings is 2. The molecule has 88 heavy (non-hydrogen) atoms. The molecule has 15 aromatic rings. The second-order valence-corrected chi connectivity index (χ2v) is 25.4. The Bertz CT molecular complexity index is 4500. The van der Waals surface area contributed by atoms with Crippen molar-refractivity contribution in [1.82, 2.24) is 0 Å². The van der Waals surface area contributed by atoms with Crippen LogP contribution in [-0.4, -0.2) is 0 Å². The van der Waals surface area contributed by atoms with Crippen LogP contribution in [0.2, 0.25) is 0 Å². The third-order valence-electron chi connectivity index (χ3n) is 13.9. The van der Waals surface area contributed by atoms with E-state index in [4.69, 9.17) is 5.73 Å². The van der Waals surface area contributed by atoms with Gasteiger partial charge in [-0.05, 0) is 199 Å². The van der Waals surface area contributed by atoms with Gasteiger partial charge in [0.2, 0.25) is 0 Å². The van der Waals surface area contributed by atoms with E-state index in [1.54, 1.807) is 0 Å². The second kappa shape index (κ2) is 30.6. The lowest BCUT2D eigenvalue weighted by molar-refractivity contribution is 1.28. The van der Waals surface area contributed by atoms with Crippen LogP contribution in [0.1, 0.15) is 0 Å². The van der Waals surface area contributed by atoms with Crippen LogP contribution in [0, 0.1) is 3.57 Å². The summed E-state index contributed by atoms with van der Waals surface area (Å²) in [5.41, 5.74) is 17.8. The smallest absolute Gasteiger partial charge is 0.0482 e. The van der Waals surface area contributed by atoms with Gasteiger partial charge >= 0.3 is 0 Å². The Morgan fingerprint density at radius 1 is 0.273 bits per heavy atom. The Balaban J connectivity index is 0.000000124. The van der Waals surface area contributed by atoms with Crippen molar-refractivity contribution in [2.24, 2.45) is 0 Å². The van der Waals surface area contributed by atoms with E-state index in [-0.39, 0.29) is 0 Å². The first-order valence-corrected chi connectivity index (χ1v) is 32.9. The lowest BCUT2D eigenvalue weighted by atomic mass is 10.1. The first-order valence-electron chi connectivity index (χ1n) is 28.6. The average molecular weight is 1420 g/mol. The lowest BCUT2D eigenvalue weighted by Crippen LogP contribution is -2.09. The van der Waals surface area contributed by atoms with Gasteiger partial charge in [-0.25, -0.2) is 0 Å². The number of benzene rings is 13. The molecule has 0 aliphatic heterocycles. The molecule has 4 N–H and O–H groups in total. The number of anilines is 11. The molecule has 430 valence electrons. The van der Waals surface area contributed by atoms with E-state index in [1.807, 2.05) is 126 Å². The molecule has 5 nitrogen and oxygen atoms in total. The largest absolute Gasteiger partial charge is 0.399 e. The Kier molecular flexibility index (Phi) is 21.1. The summed E-state index contributed by atoms with van der Waals surface area (Å²) in [6.45, 7) is 0. The molecule has 0 aliphatic carbocycles. The molecule has 0 saturated heterocycles. The molecule has 13 aromatic carbocycles. The highest BCUT2D eigenvalue weighted by atomic mass is 127. The van der Waals surface area contributed by atoms with Crippen LogP contribution in [0.25, 0.3) is 40.3 Å². The second-order valence-electron chi connectivity index (χ2n) is 20.1. The summed E-state index contributed by atoms with van der Waals surface area (Å²) in [6.07, 6.45) is 0. The van der Waals surface area contributed by atoms with Crippen LogP contribution < -0.4 is 26.2 Å². The number of nitrogens with one attached hydrogen (secondary N) is 2. The Morgan fingerprint density at radius 2 is 0.614 bits per heavy atom. The fraction of sp³-hybridized carbons (Fsp3) is 0. The predicted octanol–water partition coefficient (Wildman–Crippen LogP) is 25.3. The first kappa shape index (κ1) is 60.7. The fourth-order valence-electron chi connectivity index (χ4n) is 9.92. The van der Waals surface area contributed by atoms with Crippen LogP contribution in [-0.2, 0) is 0 Å². The van der Waals surface area contributed by atoms with Gasteiger partial charge in [-0.15, -0.1) is 22.7 Å². The number of hydrogen-bond acceptors (Lipinski definition) is 7. The molecule has 2 heterocycles. The average Bonchev–Trinajstić information content (AvgIpc) is 2.46. The Hall–Kier alpha value is -9.01. The van der Waals surface area contributed by atoms with Crippen molar-refractivity contribution in [1.29, 1.82) is 0 Å². The normalized spacial score (nSPS) is 10.5. The van der Waals surface area contributed by atoms with Crippen molar-refractivity contribution in [3.63, 3.8) is 0 Å². The van der Waals surface area contributed by atoms with E-state index in [0.717, 1.165) is 71.5 Å². The zero-order chi connectivity index (χ0) is 60.3. The molecule has 0 saturated carbocycles. The van der Waals surface area contributed by atoms with Gasteiger partial charge in [0.1, 0.15) is 0 Å². The van der Waals surface area contributed by atoms with Gasteiger partial charge in [0.05, 0.1) is 0 Å². The fourth-order valence-corrected chi connectivity index (χ4v) is 13.9. The lowest BCUT2D eigenvalue weighted by Gasteiger charge is -2.26. The summed E-state index contributed by atoms with van der Waals surface area (Å²) in [7, 11) is 0. The number of nitrogens with zero attached hydrogens (tertiary/aromatic N) is 2. The standard InChI is InChI=1S/C30H22N2S.C18H14BrN.C12H9NS.C12H11N.C6H4BrI/c1-3-11-24(12-4-1)32(25-13-5-2-6-14-25)26-15-9-10-22(20-26)31-23-18-19-30-28(21-23)27-16-7-8-17-29(27)33-30;19-15-8-7-13-18(14-15)20(16-9-3-1-4-10-16)17-11-5-2-6-12-17;13-8-5-6-12-10(7-8)9-3-1-2-4-11(9)14-12;1-3-7-11(8-4-1)13-12-9-5-2-6-10-12;7-5-2-1-3-6(8)4-5/h1-21,31H;1-14H;1-7H,13H2;1-10,13H;1-4H. The van der Waals surface area contributed by atoms with Gasteiger partial charge in [0.25, 0.3) is 0 Å². The molecule has 15 rings (SSSR count). The summed E-state index contributed by atoms with van der Waals surface area (Å²) < 4.78 is 8.75. The highest BCUT2D eigenvalue weighted by molar-refractivity contribution is 14.1. The first-order chi connectivity index (χ1) is 43.3. The molecular weight excluding hydrogens is 1360 g/mol. The van der Waals surface area contributed by atoms with Crippen LogP contribution in [0.4, 0.5) is 62.6 Å². The van der Waals surface area contributed by atoms with Crippen molar-refractivity contribution < 1.29 is 0 Å². The van der Waals surface area contributed by atoms with E-state index >= 15 is 0 Å². The topological polar surface area (TPSA) is 56.6 Å². The van der Waals surface area contributed by atoms with Gasteiger partial charge in [-0.1, -0.05) is 196 Å². The summed E-state index contributed by atoms with van der Waals surface area (Å²) in [5, 5.41) is 12.1. The highest BCUT2D eigenvalue weighted by Crippen LogP contribution is 2.40. The van der Waals surface area contributed by atoms with Crippen molar-refractivity contribution in [2.75, 3.05) is 26.2 Å². The van der Waals surface area contributed by atoms with E-state index in [9.17, 15) is 0 Å². The van der Waals surface area contributed by atoms with E-state index in [1.165, 1.54) is 43.9 Å². The molecule has 0 aliphatic rings. The number of hydrogen-bond donors (Lipinski definition) is 3. The number of para-hydroxylation sites is 6. The van der Waals surface area contributed by atoms with Crippen LogP contribution in [0.15, 0.2) is 349 Å². The summed E-state index contributed by atoms with van der Waals surface area (Å²) >= 11 is 12.8. The van der Waals surface area contributed by atoms with Crippen molar-refractivity contribution in [3.05, 3.63) is 352 Å². The minimum absolute atomic E-state index is 0.834. The maximum atomic E-state index is 5.78. The SMILES string of the molecule is Brc1cccc(I)c1.Brc1cccc(N(c2ccccc2)c2ccccc2)c1.Nc1ccc2sc3ccccc3c2c1.c1ccc(N(c2ccccc2)c2cccc(Nc3ccc4sc5ccccc5c4c3)c2)cc1.c1ccc(Nc2ccccc2)cc1. The minimum Gasteiger partial charge on any atom is -0.399 e. The van der Waals surface area contributed by atoms with Gasteiger partial charge in [-0.2, -0.15) is 0 Å². The van der Waals surface area contributed by atoms with Gasteiger partial charge in [0, 0.05) is 115 Å². The van der Waals surface area contributed by atoms with Gasteiger partial charge < -0.3 is 26.2 Å². The molecule has 10 heteroatoms. The maximum Gasteiger partial charge on any atom is 0.0482 e. The molecule has 0 atom stereocenters. The maximum absolute atomic E-state index is 5.78. The zero-order valence-electron chi connectivity index (χ0n) is 47.8. The Labute approximate surface area is 553 Å². The third-order valence-corrected chi connectivity index (χ3v) is 17.9. The van der Waals surface area contributed by atoms with Crippen LogP contribution >= 0.6 is 77.1 Å². The number of nitrogen functional groups attached to an aromatic ring is 1. The molecule has 0 spiro atoms. The molecule has 0 fully saturated rings.